The second-order valence-electron chi connectivity index (χ2n) is 4.68. The highest BCUT2D eigenvalue weighted by Gasteiger charge is 2.16. The Kier molecular flexibility index (Phi) is 4.78. The standard InChI is InChI=1S/C16H14ClFN2O2/c1-10(21)20(2)12-8-6-11(7-9-12)19-16(22)15-13(17)4-3-5-14(15)18/h3-9H,1-2H3,(H,19,22). The monoisotopic (exact) mass is 320 g/mol. The largest absolute Gasteiger partial charge is 0.322 e. The molecule has 22 heavy (non-hydrogen) atoms. The lowest BCUT2D eigenvalue weighted by atomic mass is 10.2. The molecule has 0 heterocycles. The summed E-state index contributed by atoms with van der Waals surface area (Å²) in [5.74, 6) is -1.41. The van der Waals surface area contributed by atoms with Crippen LogP contribution in [0.15, 0.2) is 42.5 Å². The number of nitrogens with zero attached hydrogens (tertiary/aromatic N) is 1. The zero-order valence-corrected chi connectivity index (χ0v) is 12.8. The van der Waals surface area contributed by atoms with Gasteiger partial charge in [-0.2, -0.15) is 0 Å². The minimum absolute atomic E-state index is 0.0467. The predicted molar refractivity (Wildman–Crippen MR) is 84.9 cm³/mol. The van der Waals surface area contributed by atoms with Crippen molar-refractivity contribution in [3.05, 3.63) is 58.9 Å². The number of hydrogen-bond acceptors (Lipinski definition) is 2. The lowest BCUT2D eigenvalue weighted by Crippen LogP contribution is -2.22. The van der Waals surface area contributed by atoms with Gasteiger partial charge in [-0.25, -0.2) is 4.39 Å². The third-order valence-corrected chi connectivity index (χ3v) is 3.49. The van der Waals surface area contributed by atoms with Crippen molar-refractivity contribution in [2.24, 2.45) is 0 Å². The van der Waals surface area contributed by atoms with E-state index >= 15 is 0 Å². The molecule has 0 aliphatic carbocycles. The predicted octanol–water partition coefficient (Wildman–Crippen LogP) is 3.71. The van der Waals surface area contributed by atoms with Crippen LogP contribution >= 0.6 is 11.6 Å². The van der Waals surface area contributed by atoms with Gasteiger partial charge in [0.25, 0.3) is 5.91 Å². The summed E-state index contributed by atoms with van der Waals surface area (Å²) in [6.07, 6.45) is 0. The molecular weight excluding hydrogens is 307 g/mol. The van der Waals surface area contributed by atoms with Crippen LogP contribution in [0.2, 0.25) is 5.02 Å². The average molecular weight is 321 g/mol. The van der Waals surface area contributed by atoms with Crippen molar-refractivity contribution in [1.82, 2.24) is 0 Å². The Morgan fingerprint density at radius 1 is 1.14 bits per heavy atom. The zero-order chi connectivity index (χ0) is 16.3. The molecule has 2 amide bonds. The molecule has 0 unspecified atom stereocenters. The average Bonchev–Trinajstić information content (AvgIpc) is 2.47. The molecule has 4 nitrogen and oxygen atoms in total. The highest BCUT2D eigenvalue weighted by molar-refractivity contribution is 6.34. The van der Waals surface area contributed by atoms with Crippen LogP contribution in [0.3, 0.4) is 0 Å². The fourth-order valence-corrected chi connectivity index (χ4v) is 2.11. The van der Waals surface area contributed by atoms with Crippen LogP contribution in [-0.4, -0.2) is 18.9 Å². The molecule has 0 aromatic heterocycles. The summed E-state index contributed by atoms with van der Waals surface area (Å²) < 4.78 is 13.7. The highest BCUT2D eigenvalue weighted by atomic mass is 35.5. The topological polar surface area (TPSA) is 49.4 Å². The molecule has 6 heteroatoms. The maximum absolute atomic E-state index is 13.7. The van der Waals surface area contributed by atoms with E-state index in [0.717, 1.165) is 0 Å². The molecule has 114 valence electrons. The van der Waals surface area contributed by atoms with Gasteiger partial charge in [-0.15, -0.1) is 0 Å². The van der Waals surface area contributed by atoms with Gasteiger partial charge in [0.1, 0.15) is 5.82 Å². The van der Waals surface area contributed by atoms with Crippen LogP contribution < -0.4 is 10.2 Å². The number of rotatable bonds is 3. The van der Waals surface area contributed by atoms with Gasteiger partial charge in [-0.05, 0) is 36.4 Å². The second kappa shape index (κ2) is 6.58. The number of anilines is 2. The van der Waals surface area contributed by atoms with Crippen LogP contribution in [0.5, 0.6) is 0 Å². The normalized spacial score (nSPS) is 10.2. The van der Waals surface area contributed by atoms with Gasteiger partial charge < -0.3 is 10.2 Å². The first-order chi connectivity index (χ1) is 10.4. The quantitative estimate of drug-likeness (QED) is 0.937. The number of carbonyl (C=O) groups excluding carboxylic acids is 2. The van der Waals surface area contributed by atoms with Gasteiger partial charge >= 0.3 is 0 Å². The van der Waals surface area contributed by atoms with E-state index in [1.807, 2.05) is 0 Å². The van der Waals surface area contributed by atoms with Gasteiger partial charge in [0.2, 0.25) is 5.91 Å². The molecule has 2 aromatic rings. The molecule has 1 N–H and O–H groups in total. The van der Waals surface area contributed by atoms with Gasteiger partial charge in [0, 0.05) is 25.3 Å². The first-order valence-electron chi connectivity index (χ1n) is 6.50. The van der Waals surface area contributed by atoms with E-state index in [-0.39, 0.29) is 16.5 Å². The third kappa shape index (κ3) is 3.43. The summed E-state index contributed by atoms with van der Waals surface area (Å²) >= 11 is 5.85. The Morgan fingerprint density at radius 3 is 2.32 bits per heavy atom. The van der Waals surface area contributed by atoms with Gasteiger partial charge in [0.15, 0.2) is 0 Å². The maximum Gasteiger partial charge on any atom is 0.260 e. The van der Waals surface area contributed by atoms with Gasteiger partial charge in [-0.3, -0.25) is 9.59 Å². The molecule has 0 fully saturated rings. The van der Waals surface area contributed by atoms with Crippen LogP contribution in [-0.2, 0) is 4.79 Å². The summed E-state index contributed by atoms with van der Waals surface area (Å²) in [6.45, 7) is 1.45. The van der Waals surface area contributed by atoms with Crippen LogP contribution in [0, 0.1) is 5.82 Å². The van der Waals surface area contributed by atoms with Gasteiger partial charge in [0.05, 0.1) is 10.6 Å². The number of carbonyl (C=O) groups is 2. The molecule has 2 aromatic carbocycles. The minimum atomic E-state index is -0.682. The summed E-state index contributed by atoms with van der Waals surface area (Å²) in [5, 5.41) is 2.62. The lowest BCUT2D eigenvalue weighted by Gasteiger charge is -2.15. The van der Waals surface area contributed by atoms with E-state index in [1.54, 1.807) is 31.3 Å². The molecule has 0 radical (unpaired) electrons. The number of hydrogen-bond donors (Lipinski definition) is 1. The number of benzene rings is 2. The summed E-state index contributed by atoms with van der Waals surface area (Å²) in [5.41, 5.74) is 0.966. The van der Waals surface area contributed by atoms with E-state index in [0.29, 0.717) is 11.4 Å². The van der Waals surface area contributed by atoms with E-state index in [1.165, 1.54) is 30.0 Å². The lowest BCUT2D eigenvalue weighted by molar-refractivity contribution is -0.116. The summed E-state index contributed by atoms with van der Waals surface area (Å²) in [6, 6.07) is 10.7. The molecule has 0 saturated heterocycles. The molecule has 0 atom stereocenters. The fraction of sp³-hybridized carbons (Fsp3) is 0.125. The Bertz CT molecular complexity index is 696. The van der Waals surface area contributed by atoms with E-state index in [4.69, 9.17) is 11.6 Å². The molecule has 0 aliphatic rings. The molecule has 0 spiro atoms. The Hall–Kier alpha value is -2.40. The van der Waals surface area contributed by atoms with Crippen molar-refractivity contribution in [2.75, 3.05) is 17.3 Å². The first-order valence-corrected chi connectivity index (χ1v) is 6.87. The van der Waals surface area contributed by atoms with Gasteiger partial charge in [-0.1, -0.05) is 17.7 Å². The first kappa shape index (κ1) is 16.0. The number of nitrogens with one attached hydrogen (secondary N) is 1. The van der Waals surface area contributed by atoms with Crippen molar-refractivity contribution in [3.8, 4) is 0 Å². The SMILES string of the molecule is CC(=O)N(C)c1ccc(NC(=O)c2c(F)cccc2Cl)cc1. The zero-order valence-electron chi connectivity index (χ0n) is 12.1. The van der Waals surface area contributed by atoms with Crippen molar-refractivity contribution in [3.63, 3.8) is 0 Å². The smallest absolute Gasteiger partial charge is 0.260 e. The molecule has 0 aliphatic heterocycles. The molecule has 0 bridgehead atoms. The summed E-state index contributed by atoms with van der Waals surface area (Å²) in [4.78, 5) is 24.8. The van der Waals surface area contributed by atoms with E-state index in [2.05, 4.69) is 5.32 Å². The van der Waals surface area contributed by atoms with Crippen molar-refractivity contribution in [1.29, 1.82) is 0 Å². The van der Waals surface area contributed by atoms with Crippen LogP contribution in [0.1, 0.15) is 17.3 Å². The van der Waals surface area contributed by atoms with Crippen LogP contribution in [0.25, 0.3) is 0 Å². The summed E-state index contributed by atoms with van der Waals surface area (Å²) in [7, 11) is 1.65. The maximum atomic E-state index is 13.7. The molecular formula is C16H14ClFN2O2. The Balaban J connectivity index is 2.17. The number of halogens is 2. The molecule has 0 saturated carbocycles. The van der Waals surface area contributed by atoms with E-state index in [9.17, 15) is 14.0 Å². The Morgan fingerprint density at radius 2 is 1.77 bits per heavy atom. The van der Waals surface area contributed by atoms with Crippen molar-refractivity contribution in [2.45, 2.75) is 6.92 Å². The van der Waals surface area contributed by atoms with E-state index < -0.39 is 11.7 Å². The third-order valence-electron chi connectivity index (χ3n) is 3.17. The highest BCUT2D eigenvalue weighted by Crippen LogP contribution is 2.22. The van der Waals surface area contributed by atoms with Crippen LogP contribution in [0.4, 0.5) is 15.8 Å². The molecule has 2 rings (SSSR count). The fourth-order valence-electron chi connectivity index (χ4n) is 1.86. The van der Waals surface area contributed by atoms with Crippen molar-refractivity contribution < 1.29 is 14.0 Å². The Labute approximate surface area is 132 Å². The minimum Gasteiger partial charge on any atom is -0.322 e. The van der Waals surface area contributed by atoms with Crippen molar-refractivity contribution >= 4 is 34.8 Å². The second-order valence-corrected chi connectivity index (χ2v) is 5.08. The number of amides is 2.